The van der Waals surface area contributed by atoms with Crippen LogP contribution in [0.25, 0.3) is 0 Å². The lowest BCUT2D eigenvalue weighted by atomic mass is 10.2. The average Bonchev–Trinajstić information content (AvgIpc) is 2.12. The van der Waals surface area contributed by atoms with Crippen molar-refractivity contribution in [1.29, 1.82) is 0 Å². The number of hydrogen-bond donors (Lipinski definition) is 2. The molecule has 15 heavy (non-hydrogen) atoms. The van der Waals surface area contributed by atoms with Gasteiger partial charge >= 0.3 is 5.97 Å². The number of hydrogen-bond acceptors (Lipinski definition) is 2. The average molecular weight is 223 g/mol. The van der Waals surface area contributed by atoms with Crippen molar-refractivity contribution in [1.82, 2.24) is 5.32 Å². The molecule has 0 saturated carbocycles. The lowest BCUT2D eigenvalue weighted by molar-refractivity contribution is -0.143. The fraction of sp³-hybridized carbons (Fsp3) is 0.778. The van der Waals surface area contributed by atoms with Crippen LogP contribution in [0.4, 0.5) is 8.78 Å². The molecule has 0 aliphatic heterocycles. The molecule has 1 atom stereocenters. The number of carbonyl (C=O) groups excluding carboxylic acids is 1. The van der Waals surface area contributed by atoms with Gasteiger partial charge in [0.05, 0.1) is 0 Å². The third-order valence-electron chi connectivity index (χ3n) is 1.80. The first-order chi connectivity index (χ1) is 6.97. The number of halogens is 2. The van der Waals surface area contributed by atoms with Gasteiger partial charge in [-0.2, -0.15) is 0 Å². The van der Waals surface area contributed by atoms with E-state index in [2.05, 4.69) is 5.32 Å². The minimum absolute atomic E-state index is 0.170. The zero-order valence-corrected chi connectivity index (χ0v) is 8.50. The third kappa shape index (κ3) is 6.82. The van der Waals surface area contributed by atoms with Gasteiger partial charge in [0.15, 0.2) is 0 Å². The number of unbranched alkanes of at least 4 members (excludes halogenated alkanes) is 1. The Labute approximate surface area is 86.7 Å². The monoisotopic (exact) mass is 223 g/mol. The van der Waals surface area contributed by atoms with Gasteiger partial charge in [0.1, 0.15) is 6.04 Å². The quantitative estimate of drug-likeness (QED) is 0.685. The molecule has 0 radical (unpaired) electrons. The Balaban J connectivity index is 4.05. The van der Waals surface area contributed by atoms with Gasteiger partial charge in [0.25, 0.3) is 0 Å². The van der Waals surface area contributed by atoms with Crippen LogP contribution in [0.15, 0.2) is 0 Å². The van der Waals surface area contributed by atoms with Gasteiger partial charge in [0, 0.05) is 12.8 Å². The summed E-state index contributed by atoms with van der Waals surface area (Å²) < 4.78 is 23.9. The Hall–Kier alpha value is -1.20. The highest BCUT2D eigenvalue weighted by atomic mass is 19.3. The van der Waals surface area contributed by atoms with Crippen LogP contribution in [-0.4, -0.2) is 29.5 Å². The van der Waals surface area contributed by atoms with E-state index in [4.69, 9.17) is 5.11 Å². The highest BCUT2D eigenvalue weighted by molar-refractivity contribution is 5.83. The fourth-order valence-corrected chi connectivity index (χ4v) is 1.00. The van der Waals surface area contributed by atoms with Crippen LogP contribution in [0, 0.1) is 0 Å². The first-order valence-corrected chi connectivity index (χ1v) is 4.77. The van der Waals surface area contributed by atoms with Crippen molar-refractivity contribution in [3.8, 4) is 0 Å². The second kappa shape index (κ2) is 7.14. The lowest BCUT2D eigenvalue weighted by Gasteiger charge is -2.13. The summed E-state index contributed by atoms with van der Waals surface area (Å²) in [6.07, 6.45) is -2.01. The predicted molar refractivity (Wildman–Crippen MR) is 49.7 cm³/mol. The summed E-state index contributed by atoms with van der Waals surface area (Å²) in [4.78, 5) is 21.6. The maximum atomic E-state index is 11.9. The Morgan fingerprint density at radius 3 is 2.40 bits per heavy atom. The molecule has 0 aromatic carbocycles. The zero-order chi connectivity index (χ0) is 11.8. The van der Waals surface area contributed by atoms with E-state index in [1.807, 2.05) is 6.92 Å². The molecule has 88 valence electrons. The molecule has 0 spiro atoms. The molecular weight excluding hydrogens is 208 g/mol. The van der Waals surface area contributed by atoms with E-state index in [1.54, 1.807) is 0 Å². The van der Waals surface area contributed by atoms with Crippen LogP contribution in [0.5, 0.6) is 0 Å². The highest BCUT2D eigenvalue weighted by Crippen LogP contribution is 2.05. The van der Waals surface area contributed by atoms with Crippen LogP contribution in [0.3, 0.4) is 0 Å². The SMILES string of the molecule is CCCCC(=O)NC(CC(F)F)C(=O)O. The van der Waals surface area contributed by atoms with Crippen LogP contribution in [0.2, 0.25) is 0 Å². The van der Waals surface area contributed by atoms with E-state index in [1.165, 1.54) is 0 Å². The van der Waals surface area contributed by atoms with E-state index < -0.39 is 30.8 Å². The predicted octanol–water partition coefficient (Wildman–Crippen LogP) is 1.40. The van der Waals surface area contributed by atoms with Crippen LogP contribution in [0.1, 0.15) is 32.6 Å². The summed E-state index contributed by atoms with van der Waals surface area (Å²) in [5, 5.41) is 10.6. The number of amides is 1. The molecule has 0 aliphatic carbocycles. The minimum atomic E-state index is -2.74. The second-order valence-electron chi connectivity index (χ2n) is 3.19. The Bertz CT molecular complexity index is 221. The zero-order valence-electron chi connectivity index (χ0n) is 8.50. The molecule has 0 aliphatic rings. The van der Waals surface area contributed by atoms with E-state index in [0.29, 0.717) is 6.42 Å². The van der Waals surface area contributed by atoms with E-state index in [9.17, 15) is 18.4 Å². The number of carboxylic acid groups (broad SMARTS) is 1. The van der Waals surface area contributed by atoms with E-state index >= 15 is 0 Å². The number of rotatable bonds is 7. The third-order valence-corrected chi connectivity index (χ3v) is 1.80. The summed E-state index contributed by atoms with van der Waals surface area (Å²) in [5.41, 5.74) is 0. The molecule has 0 aromatic heterocycles. The van der Waals surface area contributed by atoms with Crippen LogP contribution >= 0.6 is 0 Å². The molecule has 0 aromatic rings. The smallest absolute Gasteiger partial charge is 0.326 e. The van der Waals surface area contributed by atoms with Gasteiger partial charge < -0.3 is 10.4 Å². The first kappa shape index (κ1) is 13.8. The highest BCUT2D eigenvalue weighted by Gasteiger charge is 2.23. The largest absolute Gasteiger partial charge is 0.480 e. The van der Waals surface area contributed by atoms with Crippen molar-refractivity contribution in [3.63, 3.8) is 0 Å². The second-order valence-corrected chi connectivity index (χ2v) is 3.19. The Morgan fingerprint density at radius 2 is 2.00 bits per heavy atom. The number of nitrogens with one attached hydrogen (secondary N) is 1. The summed E-state index contributed by atoms with van der Waals surface area (Å²) in [5.74, 6) is -1.93. The molecule has 0 bridgehead atoms. The summed E-state index contributed by atoms with van der Waals surface area (Å²) >= 11 is 0. The standard InChI is InChI=1S/C9H15F2NO3/c1-2-3-4-8(13)12-6(9(14)15)5-7(10)11/h6-7H,2-5H2,1H3,(H,12,13)(H,14,15). The van der Waals surface area contributed by atoms with Gasteiger partial charge in [0.2, 0.25) is 12.3 Å². The van der Waals surface area contributed by atoms with Crippen molar-refractivity contribution in [2.75, 3.05) is 0 Å². The van der Waals surface area contributed by atoms with Gasteiger partial charge in [-0.05, 0) is 6.42 Å². The molecular formula is C9H15F2NO3. The summed E-state index contributed by atoms with van der Waals surface area (Å²) in [6.45, 7) is 1.88. The minimum Gasteiger partial charge on any atom is -0.480 e. The van der Waals surface area contributed by atoms with Gasteiger partial charge in [-0.15, -0.1) is 0 Å². The molecule has 6 heteroatoms. The van der Waals surface area contributed by atoms with Crippen molar-refractivity contribution in [2.45, 2.75) is 45.1 Å². The lowest BCUT2D eigenvalue weighted by Crippen LogP contribution is -2.41. The van der Waals surface area contributed by atoms with Gasteiger partial charge in [-0.1, -0.05) is 13.3 Å². The topological polar surface area (TPSA) is 66.4 Å². The summed E-state index contributed by atoms with van der Waals surface area (Å²) in [7, 11) is 0. The maximum absolute atomic E-state index is 11.9. The van der Waals surface area contributed by atoms with Gasteiger partial charge in [-0.25, -0.2) is 13.6 Å². The number of carbonyl (C=O) groups is 2. The molecule has 4 nitrogen and oxygen atoms in total. The van der Waals surface area contributed by atoms with Gasteiger partial charge in [-0.3, -0.25) is 4.79 Å². The number of carboxylic acids is 1. The number of aliphatic carboxylic acids is 1. The van der Waals surface area contributed by atoms with Crippen molar-refractivity contribution in [3.05, 3.63) is 0 Å². The van der Waals surface area contributed by atoms with Crippen molar-refractivity contribution < 1.29 is 23.5 Å². The summed E-state index contributed by atoms with van der Waals surface area (Å²) in [6, 6.07) is -1.49. The Morgan fingerprint density at radius 1 is 1.40 bits per heavy atom. The molecule has 0 heterocycles. The van der Waals surface area contributed by atoms with Crippen LogP contribution < -0.4 is 5.32 Å². The van der Waals surface area contributed by atoms with Crippen molar-refractivity contribution in [2.24, 2.45) is 0 Å². The Kier molecular flexibility index (Phi) is 6.57. The fourth-order valence-electron chi connectivity index (χ4n) is 1.00. The molecule has 2 N–H and O–H groups in total. The molecule has 0 saturated heterocycles. The first-order valence-electron chi connectivity index (χ1n) is 4.77. The van der Waals surface area contributed by atoms with Crippen molar-refractivity contribution >= 4 is 11.9 Å². The molecule has 0 rings (SSSR count). The molecule has 0 fully saturated rings. The molecule has 1 unspecified atom stereocenters. The van der Waals surface area contributed by atoms with E-state index in [0.717, 1.165) is 6.42 Å². The van der Waals surface area contributed by atoms with E-state index in [-0.39, 0.29) is 6.42 Å². The normalized spacial score (nSPS) is 12.5. The van der Waals surface area contributed by atoms with Crippen LogP contribution in [-0.2, 0) is 9.59 Å². The number of alkyl halides is 2. The molecule has 1 amide bonds. The maximum Gasteiger partial charge on any atom is 0.326 e.